The normalized spacial score (nSPS) is 17.0. The van der Waals surface area contributed by atoms with Crippen LogP contribution in [0.4, 0.5) is 13.2 Å². The number of aromatic nitrogens is 1. The van der Waals surface area contributed by atoms with Crippen LogP contribution in [0.25, 0.3) is 22.0 Å². The van der Waals surface area contributed by atoms with E-state index in [4.69, 9.17) is 15.6 Å². The Morgan fingerprint density at radius 1 is 1.12 bits per heavy atom. The fourth-order valence-electron chi connectivity index (χ4n) is 5.00. The number of carboxylic acid groups (broad SMARTS) is 1. The van der Waals surface area contributed by atoms with Gasteiger partial charge in [0.1, 0.15) is 0 Å². The standard InChI is InChI=1S/C25H31N3O3S2.C2HF3O2/c1-2-33(30,31)28-9-7-17(8-10-28)23-14-27-24-21(23)12-18(13-22(24)25(26)29)19-11-20(32-15-19)6-5-16-3-4-16;3-2(4,5)1(6)7/h11-17,27H,2-10H2,1H3,(H2,26,29);(H,6,7). The number of nitrogens with two attached hydrogens (primary N) is 1. The molecule has 4 N–H and O–H groups in total. The van der Waals surface area contributed by atoms with Crippen molar-refractivity contribution in [3.8, 4) is 11.1 Å². The molecule has 1 aromatic carbocycles. The van der Waals surface area contributed by atoms with Crippen LogP contribution < -0.4 is 5.73 Å². The number of piperidine rings is 1. The monoisotopic (exact) mass is 599 g/mol. The molecule has 2 fully saturated rings. The van der Waals surface area contributed by atoms with E-state index in [0.29, 0.717) is 18.7 Å². The summed E-state index contributed by atoms with van der Waals surface area (Å²) in [5.74, 6) is -1.90. The number of nitrogens with zero attached hydrogens (tertiary/aromatic N) is 1. The number of H-pyrrole nitrogens is 1. The Bertz CT molecular complexity index is 1480. The predicted molar refractivity (Wildman–Crippen MR) is 148 cm³/mol. The van der Waals surface area contributed by atoms with E-state index >= 15 is 0 Å². The maximum absolute atomic E-state index is 12.3. The Hall–Kier alpha value is -2.90. The van der Waals surface area contributed by atoms with E-state index in [1.807, 2.05) is 12.3 Å². The van der Waals surface area contributed by atoms with Gasteiger partial charge >= 0.3 is 12.1 Å². The average Bonchev–Trinajstić information content (AvgIpc) is 3.45. The number of hydrogen-bond donors (Lipinski definition) is 3. The van der Waals surface area contributed by atoms with Crippen molar-refractivity contribution in [3.63, 3.8) is 0 Å². The quantitative estimate of drug-likeness (QED) is 0.314. The molecule has 1 saturated carbocycles. The number of halogens is 3. The molecule has 0 bridgehead atoms. The van der Waals surface area contributed by atoms with Crippen LogP contribution in [0, 0.1) is 5.92 Å². The predicted octanol–water partition coefficient (Wildman–Crippen LogP) is 5.50. The van der Waals surface area contributed by atoms with E-state index in [9.17, 15) is 26.4 Å². The van der Waals surface area contributed by atoms with Crippen molar-refractivity contribution >= 4 is 44.1 Å². The first-order valence-electron chi connectivity index (χ1n) is 13.1. The SMILES string of the molecule is CCS(=O)(=O)N1CCC(c2c[nH]c3c(C(N)=O)cc(-c4csc(CCC5CC5)c4)cc23)CC1.O=C(O)C(F)(F)F. The summed E-state index contributed by atoms with van der Waals surface area (Å²) < 4.78 is 57.8. The van der Waals surface area contributed by atoms with Crippen LogP contribution in [-0.2, 0) is 21.2 Å². The molecule has 1 amide bonds. The largest absolute Gasteiger partial charge is 0.490 e. The van der Waals surface area contributed by atoms with Crippen LogP contribution in [0.1, 0.15) is 65.7 Å². The summed E-state index contributed by atoms with van der Waals surface area (Å²) in [6, 6.07) is 6.31. The van der Waals surface area contributed by atoms with Crippen LogP contribution in [0.5, 0.6) is 0 Å². The number of carbonyl (C=O) groups is 2. The van der Waals surface area contributed by atoms with Gasteiger partial charge in [-0.1, -0.05) is 12.8 Å². The van der Waals surface area contributed by atoms with Crippen molar-refractivity contribution in [1.29, 1.82) is 0 Å². The summed E-state index contributed by atoms with van der Waals surface area (Å²) in [5, 5.41) is 10.3. The van der Waals surface area contributed by atoms with Gasteiger partial charge in [0.2, 0.25) is 10.0 Å². The second kappa shape index (κ2) is 11.9. The minimum Gasteiger partial charge on any atom is -0.475 e. The van der Waals surface area contributed by atoms with Crippen molar-refractivity contribution in [2.45, 2.75) is 57.5 Å². The van der Waals surface area contributed by atoms with E-state index in [0.717, 1.165) is 52.8 Å². The topological polar surface area (TPSA) is 134 Å². The number of benzene rings is 1. The van der Waals surface area contributed by atoms with Gasteiger partial charge in [0.15, 0.2) is 0 Å². The number of alkyl halides is 3. The van der Waals surface area contributed by atoms with Gasteiger partial charge in [-0.25, -0.2) is 17.5 Å². The second-order valence-corrected chi connectivity index (χ2v) is 13.5. The lowest BCUT2D eigenvalue weighted by atomic mass is 9.88. The molecule has 0 atom stereocenters. The van der Waals surface area contributed by atoms with Gasteiger partial charge in [0, 0.05) is 29.5 Å². The zero-order valence-electron chi connectivity index (χ0n) is 22.0. The van der Waals surface area contributed by atoms with Crippen molar-refractivity contribution in [2.24, 2.45) is 11.7 Å². The molecule has 1 aliphatic heterocycles. The zero-order chi connectivity index (χ0) is 29.2. The average molecular weight is 600 g/mol. The molecule has 3 heterocycles. The van der Waals surface area contributed by atoms with E-state index in [-0.39, 0.29) is 11.7 Å². The molecule has 1 aliphatic carbocycles. The Kier molecular flexibility index (Phi) is 8.96. The zero-order valence-corrected chi connectivity index (χ0v) is 23.6. The highest BCUT2D eigenvalue weighted by atomic mass is 32.2. The Balaban J connectivity index is 0.000000470. The molecular weight excluding hydrogens is 567 g/mol. The molecule has 0 unspecified atom stereocenters. The van der Waals surface area contributed by atoms with Crippen molar-refractivity contribution < 1.29 is 36.3 Å². The molecule has 3 aromatic rings. The lowest BCUT2D eigenvalue weighted by Gasteiger charge is -2.31. The van der Waals surface area contributed by atoms with Crippen LogP contribution >= 0.6 is 11.3 Å². The first-order chi connectivity index (χ1) is 18.8. The number of aromatic amines is 1. The van der Waals surface area contributed by atoms with E-state index in [2.05, 4.69) is 22.5 Å². The number of aliphatic carboxylic acids is 1. The number of amides is 1. The van der Waals surface area contributed by atoms with E-state index in [1.54, 1.807) is 22.6 Å². The van der Waals surface area contributed by atoms with Gasteiger partial charge in [-0.15, -0.1) is 11.3 Å². The number of carboxylic acids is 1. The summed E-state index contributed by atoms with van der Waals surface area (Å²) in [6.45, 7) is 2.76. The number of carbonyl (C=O) groups excluding carboxylic acids is 1. The van der Waals surface area contributed by atoms with Gasteiger partial charge in [0.25, 0.3) is 5.91 Å². The lowest BCUT2D eigenvalue weighted by Crippen LogP contribution is -2.38. The van der Waals surface area contributed by atoms with Crippen molar-refractivity contribution in [3.05, 3.63) is 45.8 Å². The second-order valence-electron chi connectivity index (χ2n) is 10.2. The van der Waals surface area contributed by atoms with Crippen LogP contribution in [0.2, 0.25) is 0 Å². The van der Waals surface area contributed by atoms with Gasteiger partial charge in [0.05, 0.1) is 16.8 Å². The third-order valence-corrected chi connectivity index (χ3v) is 10.3. The number of thiophene rings is 1. The molecule has 0 radical (unpaired) electrons. The third kappa shape index (κ3) is 7.05. The Labute approximate surface area is 234 Å². The first-order valence-corrected chi connectivity index (χ1v) is 15.6. The van der Waals surface area contributed by atoms with E-state index < -0.39 is 28.1 Å². The highest BCUT2D eigenvalue weighted by molar-refractivity contribution is 7.89. The van der Waals surface area contributed by atoms with Crippen LogP contribution in [0.15, 0.2) is 29.8 Å². The van der Waals surface area contributed by atoms with Gasteiger partial charge in [-0.3, -0.25) is 4.79 Å². The summed E-state index contributed by atoms with van der Waals surface area (Å²) in [7, 11) is -3.16. The first kappa shape index (κ1) is 30.1. The van der Waals surface area contributed by atoms with Gasteiger partial charge in [-0.2, -0.15) is 13.2 Å². The number of rotatable bonds is 8. The highest BCUT2D eigenvalue weighted by Gasteiger charge is 2.38. The molecule has 2 aliphatic rings. The maximum Gasteiger partial charge on any atom is 0.490 e. The van der Waals surface area contributed by atoms with Crippen LogP contribution in [0.3, 0.4) is 0 Å². The molecule has 5 rings (SSSR count). The van der Waals surface area contributed by atoms with Crippen molar-refractivity contribution in [2.75, 3.05) is 18.8 Å². The van der Waals surface area contributed by atoms with Crippen LogP contribution in [-0.4, -0.2) is 59.7 Å². The van der Waals surface area contributed by atoms with Crippen molar-refractivity contribution in [1.82, 2.24) is 9.29 Å². The Morgan fingerprint density at radius 3 is 2.33 bits per heavy atom. The fourth-order valence-corrected chi connectivity index (χ4v) is 7.04. The molecule has 13 heteroatoms. The highest BCUT2D eigenvalue weighted by Crippen LogP contribution is 2.39. The Morgan fingerprint density at radius 2 is 1.77 bits per heavy atom. The summed E-state index contributed by atoms with van der Waals surface area (Å²) in [6.07, 6.45) is 3.56. The molecule has 1 saturated heterocycles. The number of nitrogens with one attached hydrogen (secondary N) is 1. The number of hydrogen-bond acceptors (Lipinski definition) is 5. The number of primary amides is 1. The van der Waals surface area contributed by atoms with Gasteiger partial charge < -0.3 is 15.8 Å². The smallest absolute Gasteiger partial charge is 0.475 e. The minimum atomic E-state index is -5.08. The minimum absolute atomic E-state index is 0.138. The molecule has 40 heavy (non-hydrogen) atoms. The third-order valence-electron chi connectivity index (χ3n) is 7.46. The number of sulfonamides is 1. The molecule has 2 aromatic heterocycles. The maximum atomic E-state index is 12.3. The molecule has 8 nitrogen and oxygen atoms in total. The lowest BCUT2D eigenvalue weighted by molar-refractivity contribution is -0.192. The summed E-state index contributed by atoms with van der Waals surface area (Å²) in [5.41, 5.74) is 10.3. The van der Waals surface area contributed by atoms with Gasteiger partial charge in [-0.05, 0) is 84.7 Å². The summed E-state index contributed by atoms with van der Waals surface area (Å²) in [4.78, 5) is 25.9. The number of fused-ring (bicyclic) bond motifs is 1. The molecule has 218 valence electrons. The number of aryl methyl sites for hydroxylation is 1. The molecule has 0 spiro atoms. The summed E-state index contributed by atoms with van der Waals surface area (Å²) >= 11 is 1.79. The fraction of sp³-hybridized carbons (Fsp3) is 0.481. The van der Waals surface area contributed by atoms with E-state index in [1.165, 1.54) is 24.1 Å². The molecular formula is C27H32F3N3O5S2.